The summed E-state index contributed by atoms with van der Waals surface area (Å²) < 4.78 is 7.97. The second-order valence-corrected chi connectivity index (χ2v) is 11.4. The molecule has 7 heteroatoms. The smallest absolute Gasteiger partial charge is 0.270 e. The summed E-state index contributed by atoms with van der Waals surface area (Å²) in [5.74, 6) is 0.668. The van der Waals surface area contributed by atoms with Crippen LogP contribution >= 0.6 is 22.9 Å². The van der Waals surface area contributed by atoms with E-state index in [0.717, 1.165) is 34.0 Å². The molecule has 0 bridgehead atoms. The monoisotopic (exact) mass is 590 g/mol. The van der Waals surface area contributed by atoms with Gasteiger partial charge in [-0.15, -0.1) is 0 Å². The lowest BCUT2D eigenvalue weighted by atomic mass is 10.1. The normalized spacial score (nSPS) is 10.7. The van der Waals surface area contributed by atoms with E-state index in [4.69, 9.17) is 16.3 Å². The van der Waals surface area contributed by atoms with Crippen LogP contribution in [0.15, 0.2) is 54.0 Å². The van der Waals surface area contributed by atoms with Gasteiger partial charge in [-0.25, -0.2) is 0 Å². The number of ether oxygens (including phenoxy) is 1. The molecule has 3 aromatic rings. The fourth-order valence-electron chi connectivity index (χ4n) is 4.63. The Balaban J connectivity index is 0.00000533. The number of nitrogens with zero attached hydrogens (tertiary/aromatic N) is 1. The number of hydrogen-bond acceptors (Lipinski definition) is 3. The predicted octanol–water partition coefficient (Wildman–Crippen LogP) is 6.16. The summed E-state index contributed by atoms with van der Waals surface area (Å²) >= 11 is 8.15. The van der Waals surface area contributed by atoms with E-state index in [1.807, 2.05) is 61.1 Å². The molecule has 1 amide bonds. The Morgan fingerprint density at radius 3 is 2.18 bits per heavy atom. The number of carbonyl (C=O) groups is 1. The number of halogens is 2. The maximum Gasteiger partial charge on any atom is 0.270 e. The van der Waals surface area contributed by atoms with E-state index in [9.17, 15) is 4.79 Å². The summed E-state index contributed by atoms with van der Waals surface area (Å²) in [6.45, 7) is 2.97. The summed E-state index contributed by atoms with van der Waals surface area (Å²) in [6, 6.07) is 13.5. The Labute approximate surface area is 250 Å². The van der Waals surface area contributed by atoms with Gasteiger partial charge in [0.25, 0.3) is 5.01 Å². The zero-order valence-corrected chi connectivity index (χ0v) is 25.9. The number of para-hydroxylation sites is 1. The molecule has 214 valence electrons. The number of rotatable bonds is 18. The summed E-state index contributed by atoms with van der Waals surface area (Å²) in [4.78, 5) is 12.8. The SMILES string of the molecule is CCCCCCCCCCCCCCOc1ccc(CC(=O)Nc2ccccc2-c2scc[n+]2C)c(Cl)c1.[Cl-]. The van der Waals surface area contributed by atoms with Crippen LogP contribution in [0.5, 0.6) is 5.75 Å². The van der Waals surface area contributed by atoms with Gasteiger partial charge < -0.3 is 22.5 Å². The Kier molecular flexibility index (Phi) is 16.2. The van der Waals surface area contributed by atoms with Crippen molar-refractivity contribution < 1.29 is 26.5 Å². The molecule has 0 aliphatic carbocycles. The standard InChI is InChI=1S/C32H43ClN2O2S.ClH/c1-3-4-5-6-7-8-9-10-11-12-13-16-22-37-27-20-19-26(29(33)25-27)24-31(36)34-30-18-15-14-17-28(30)32-35(2)21-23-38-32;/h14-15,17-21,23,25H,3-13,16,22,24H2,1-2H3;1H. The quantitative estimate of drug-likeness (QED) is 0.142. The molecule has 0 aliphatic rings. The zero-order valence-electron chi connectivity index (χ0n) is 23.5. The van der Waals surface area contributed by atoms with Gasteiger partial charge in [0.2, 0.25) is 5.91 Å². The molecule has 3 rings (SSSR count). The maximum absolute atomic E-state index is 12.8. The number of aromatic nitrogens is 1. The first-order valence-corrected chi connectivity index (χ1v) is 15.6. The molecule has 0 aliphatic heterocycles. The predicted molar refractivity (Wildman–Crippen MR) is 161 cm³/mol. The molecule has 1 heterocycles. The fourth-order valence-corrected chi connectivity index (χ4v) is 5.77. The minimum atomic E-state index is -0.0938. The van der Waals surface area contributed by atoms with Gasteiger partial charge in [0.1, 0.15) is 12.8 Å². The minimum absolute atomic E-state index is 0. The van der Waals surface area contributed by atoms with Gasteiger partial charge in [-0.05, 0) is 36.2 Å². The van der Waals surface area contributed by atoms with Crippen LogP contribution in [0.3, 0.4) is 0 Å². The third-order valence-corrected chi connectivity index (χ3v) is 8.20. The second-order valence-electron chi connectivity index (χ2n) is 10.1. The van der Waals surface area contributed by atoms with Gasteiger partial charge in [0.15, 0.2) is 6.20 Å². The molecular weight excluding hydrogens is 547 g/mol. The van der Waals surface area contributed by atoms with Crippen LogP contribution in [0.2, 0.25) is 5.02 Å². The van der Waals surface area contributed by atoms with Crippen molar-refractivity contribution in [1.82, 2.24) is 0 Å². The molecule has 1 N–H and O–H groups in total. The van der Waals surface area contributed by atoms with Crippen molar-refractivity contribution in [1.29, 1.82) is 0 Å². The summed E-state index contributed by atoms with van der Waals surface area (Å²) in [5, 5.41) is 6.75. The topological polar surface area (TPSA) is 42.2 Å². The third kappa shape index (κ3) is 11.9. The summed E-state index contributed by atoms with van der Waals surface area (Å²) in [7, 11) is 2.01. The fraction of sp³-hybridized carbons (Fsp3) is 0.500. The Hall–Kier alpha value is -2.08. The Morgan fingerprint density at radius 1 is 0.923 bits per heavy atom. The van der Waals surface area contributed by atoms with Crippen LogP contribution in [-0.2, 0) is 18.3 Å². The molecule has 0 atom stereocenters. The highest BCUT2D eigenvalue weighted by molar-refractivity contribution is 7.12. The third-order valence-electron chi connectivity index (χ3n) is 6.86. The number of amides is 1. The van der Waals surface area contributed by atoms with Crippen molar-refractivity contribution in [3.05, 3.63) is 64.6 Å². The lowest BCUT2D eigenvalue weighted by Gasteiger charge is -2.11. The average Bonchev–Trinajstić information content (AvgIpc) is 3.34. The van der Waals surface area contributed by atoms with Crippen LogP contribution in [0, 0.1) is 0 Å². The average molecular weight is 592 g/mol. The number of anilines is 1. The molecule has 0 spiro atoms. The first-order chi connectivity index (χ1) is 18.6. The van der Waals surface area contributed by atoms with Gasteiger partial charge in [0, 0.05) is 5.02 Å². The lowest BCUT2D eigenvalue weighted by Crippen LogP contribution is -3.00. The molecule has 0 unspecified atom stereocenters. The van der Waals surface area contributed by atoms with Gasteiger partial charge in [0.05, 0.1) is 29.7 Å². The van der Waals surface area contributed by atoms with Gasteiger partial charge in [-0.3, -0.25) is 4.79 Å². The number of carbonyl (C=O) groups excluding carboxylic acids is 1. The van der Waals surface area contributed by atoms with Gasteiger partial charge >= 0.3 is 0 Å². The Morgan fingerprint density at radius 2 is 1.56 bits per heavy atom. The van der Waals surface area contributed by atoms with Crippen LogP contribution in [0.25, 0.3) is 10.6 Å². The van der Waals surface area contributed by atoms with E-state index < -0.39 is 0 Å². The van der Waals surface area contributed by atoms with E-state index >= 15 is 0 Å². The van der Waals surface area contributed by atoms with E-state index in [-0.39, 0.29) is 24.7 Å². The van der Waals surface area contributed by atoms with E-state index in [0.29, 0.717) is 11.6 Å². The van der Waals surface area contributed by atoms with Crippen LogP contribution in [0.4, 0.5) is 5.69 Å². The second kappa shape index (κ2) is 19.1. The highest BCUT2D eigenvalue weighted by Gasteiger charge is 2.17. The molecule has 2 aromatic carbocycles. The van der Waals surface area contributed by atoms with Crippen molar-refractivity contribution in [3.8, 4) is 16.3 Å². The highest BCUT2D eigenvalue weighted by Crippen LogP contribution is 2.29. The van der Waals surface area contributed by atoms with E-state index in [2.05, 4.69) is 16.8 Å². The zero-order chi connectivity index (χ0) is 27.0. The first kappa shape index (κ1) is 33.1. The molecule has 39 heavy (non-hydrogen) atoms. The molecule has 0 saturated heterocycles. The molecule has 0 radical (unpaired) electrons. The van der Waals surface area contributed by atoms with Gasteiger partial charge in [-0.2, -0.15) is 4.57 Å². The van der Waals surface area contributed by atoms with Crippen molar-refractivity contribution in [2.75, 3.05) is 11.9 Å². The van der Waals surface area contributed by atoms with Crippen LogP contribution in [-0.4, -0.2) is 12.5 Å². The van der Waals surface area contributed by atoms with Crippen LogP contribution in [0.1, 0.15) is 89.5 Å². The van der Waals surface area contributed by atoms with Crippen molar-refractivity contribution in [3.63, 3.8) is 0 Å². The summed E-state index contributed by atoms with van der Waals surface area (Å²) in [6.07, 6.45) is 18.2. The highest BCUT2D eigenvalue weighted by atomic mass is 35.5. The molecule has 4 nitrogen and oxygen atoms in total. The largest absolute Gasteiger partial charge is 1.00 e. The van der Waals surface area contributed by atoms with E-state index in [1.54, 1.807) is 11.3 Å². The molecule has 0 saturated carbocycles. The number of aryl methyl sites for hydroxylation is 1. The number of nitrogens with one attached hydrogen (secondary N) is 1. The maximum atomic E-state index is 12.8. The Bertz CT molecular complexity index is 1120. The molecule has 0 fully saturated rings. The lowest BCUT2D eigenvalue weighted by molar-refractivity contribution is -0.655. The number of benzene rings is 2. The van der Waals surface area contributed by atoms with Gasteiger partial charge in [-0.1, -0.05) is 119 Å². The van der Waals surface area contributed by atoms with Crippen molar-refractivity contribution in [2.45, 2.75) is 90.4 Å². The number of unbranched alkanes of at least 4 members (excludes halogenated alkanes) is 11. The molecular formula is C32H44Cl2N2O2S. The van der Waals surface area contributed by atoms with E-state index in [1.165, 1.54) is 70.6 Å². The van der Waals surface area contributed by atoms with Crippen LogP contribution < -0.4 is 27.0 Å². The molecule has 1 aromatic heterocycles. The first-order valence-electron chi connectivity index (χ1n) is 14.3. The van der Waals surface area contributed by atoms with Crippen molar-refractivity contribution >= 4 is 34.5 Å². The number of hydrogen-bond donors (Lipinski definition) is 1. The minimum Gasteiger partial charge on any atom is -1.00 e. The summed E-state index contributed by atoms with van der Waals surface area (Å²) in [5.41, 5.74) is 2.60. The number of thiazole rings is 1. The van der Waals surface area contributed by atoms with Crippen molar-refractivity contribution in [2.24, 2.45) is 7.05 Å².